The van der Waals surface area contributed by atoms with Gasteiger partial charge >= 0.3 is 0 Å². The van der Waals surface area contributed by atoms with Crippen molar-refractivity contribution in [1.29, 1.82) is 0 Å². The number of amides is 1. The molecule has 0 bridgehead atoms. The van der Waals surface area contributed by atoms with E-state index in [9.17, 15) is 4.79 Å². The zero-order valence-corrected chi connectivity index (χ0v) is 22.5. The third-order valence-electron chi connectivity index (χ3n) is 5.91. The number of nitrogens with zero attached hydrogens (tertiary/aromatic N) is 3. The first-order chi connectivity index (χ1) is 17.1. The molecule has 36 heavy (non-hydrogen) atoms. The number of rotatable bonds is 9. The average molecular weight is 512 g/mol. The Morgan fingerprint density at radius 2 is 1.81 bits per heavy atom. The maximum absolute atomic E-state index is 12.8. The van der Waals surface area contributed by atoms with Gasteiger partial charge in [-0.15, -0.1) is 0 Å². The molecular formula is C25H33N5O5Si. The number of hydrogen-bond donors (Lipinski definition) is 2. The molecule has 4 rings (SSSR count). The van der Waals surface area contributed by atoms with Crippen LogP contribution in [0.4, 0.5) is 11.6 Å². The molecule has 11 heteroatoms. The van der Waals surface area contributed by atoms with Gasteiger partial charge in [-0.05, 0) is 24.6 Å². The molecule has 3 N–H and O–H groups in total. The molecule has 2 aromatic heterocycles. The Hall–Kier alpha value is -3.57. The first-order valence-electron chi connectivity index (χ1n) is 11.8. The van der Waals surface area contributed by atoms with E-state index in [2.05, 4.69) is 53.1 Å². The second-order valence-electron chi connectivity index (χ2n) is 9.86. The van der Waals surface area contributed by atoms with Gasteiger partial charge in [-0.25, -0.2) is 0 Å². The molecule has 3 heterocycles. The standard InChI is InChI=1S/C25H33N5O5Si/c1-15-7-9-18(36(4,5)6)12-19(15)35-21-10-8-17(34-21)11-20(31)27-22-23(32-2)28-25(29-24(22)33-3)30-13-16(26)14-30/h7-10,12,16H,11,13-14,26H2,1-6H3,(H,27,31). The monoisotopic (exact) mass is 511 g/mol. The van der Waals surface area contributed by atoms with Crippen molar-refractivity contribution in [1.82, 2.24) is 9.97 Å². The lowest BCUT2D eigenvalue weighted by Crippen LogP contribution is -2.56. The van der Waals surface area contributed by atoms with Crippen LogP contribution in [0.3, 0.4) is 0 Å². The second-order valence-corrected chi connectivity index (χ2v) is 14.9. The summed E-state index contributed by atoms with van der Waals surface area (Å²) in [6, 6.07) is 9.80. The Labute approximate surface area is 211 Å². The molecule has 0 radical (unpaired) electrons. The number of aryl methyl sites for hydroxylation is 1. The van der Waals surface area contributed by atoms with Crippen molar-refractivity contribution in [3.8, 4) is 23.5 Å². The van der Waals surface area contributed by atoms with E-state index in [0.29, 0.717) is 30.7 Å². The summed E-state index contributed by atoms with van der Waals surface area (Å²) in [7, 11) is 1.45. The second kappa shape index (κ2) is 10.2. The van der Waals surface area contributed by atoms with Crippen LogP contribution in [-0.4, -0.2) is 57.3 Å². The highest BCUT2D eigenvalue weighted by molar-refractivity contribution is 6.88. The van der Waals surface area contributed by atoms with E-state index in [4.69, 9.17) is 24.4 Å². The lowest BCUT2D eigenvalue weighted by atomic mass is 10.1. The molecule has 192 valence electrons. The number of nitrogens with one attached hydrogen (secondary N) is 1. The van der Waals surface area contributed by atoms with Gasteiger partial charge in [-0.2, -0.15) is 9.97 Å². The van der Waals surface area contributed by atoms with Crippen molar-refractivity contribution >= 4 is 30.8 Å². The van der Waals surface area contributed by atoms with E-state index < -0.39 is 8.07 Å². The summed E-state index contributed by atoms with van der Waals surface area (Å²) in [5, 5.41) is 4.07. The van der Waals surface area contributed by atoms with Crippen LogP contribution in [-0.2, 0) is 11.2 Å². The largest absolute Gasteiger partial charge is 0.479 e. The fourth-order valence-corrected chi connectivity index (χ4v) is 4.91. The van der Waals surface area contributed by atoms with Crippen LogP contribution in [0.1, 0.15) is 11.3 Å². The minimum atomic E-state index is -1.49. The summed E-state index contributed by atoms with van der Waals surface area (Å²) in [5.41, 5.74) is 7.12. The Morgan fingerprint density at radius 1 is 1.14 bits per heavy atom. The van der Waals surface area contributed by atoms with E-state index in [1.807, 2.05) is 11.8 Å². The van der Waals surface area contributed by atoms with Crippen molar-refractivity contribution in [3.63, 3.8) is 0 Å². The molecular weight excluding hydrogens is 478 g/mol. The molecule has 10 nitrogen and oxygen atoms in total. The normalized spacial score (nSPS) is 13.8. The van der Waals surface area contributed by atoms with Gasteiger partial charge in [0.25, 0.3) is 5.95 Å². The van der Waals surface area contributed by atoms with Gasteiger partial charge < -0.3 is 34.6 Å². The molecule has 1 saturated heterocycles. The average Bonchev–Trinajstić information content (AvgIpc) is 3.24. The molecule has 3 aromatic rings. The fourth-order valence-electron chi connectivity index (χ4n) is 3.76. The van der Waals surface area contributed by atoms with Crippen molar-refractivity contribution in [2.45, 2.75) is 39.0 Å². The number of carbonyl (C=O) groups is 1. The summed E-state index contributed by atoms with van der Waals surface area (Å²) in [6.07, 6.45) is -0.0215. The summed E-state index contributed by atoms with van der Waals surface area (Å²) in [6.45, 7) is 10.1. The molecule has 0 saturated carbocycles. The lowest BCUT2D eigenvalue weighted by Gasteiger charge is -2.37. The number of benzene rings is 1. The highest BCUT2D eigenvalue weighted by Crippen LogP contribution is 2.34. The maximum Gasteiger partial charge on any atom is 0.290 e. The topological polar surface area (TPSA) is 125 Å². The molecule has 1 fully saturated rings. The Balaban J connectivity index is 1.45. The number of anilines is 2. The predicted molar refractivity (Wildman–Crippen MR) is 141 cm³/mol. The SMILES string of the molecule is COc1nc(N2CC(N)C2)nc(OC)c1NC(=O)Cc1ccc(Oc2cc([Si](C)(C)C)ccc2C)o1. The smallest absolute Gasteiger partial charge is 0.290 e. The summed E-state index contributed by atoms with van der Waals surface area (Å²) < 4.78 is 22.6. The van der Waals surface area contributed by atoms with Crippen LogP contribution >= 0.6 is 0 Å². The Kier molecular flexibility index (Phi) is 7.22. The van der Waals surface area contributed by atoms with E-state index in [-0.39, 0.29) is 35.8 Å². The Morgan fingerprint density at radius 3 is 2.39 bits per heavy atom. The Bertz CT molecular complexity index is 1220. The molecule has 1 aliphatic heterocycles. The van der Waals surface area contributed by atoms with Gasteiger partial charge in [-0.1, -0.05) is 37.0 Å². The lowest BCUT2D eigenvalue weighted by molar-refractivity contribution is -0.115. The number of ether oxygens (including phenoxy) is 3. The number of hydrogen-bond acceptors (Lipinski definition) is 9. The first-order valence-corrected chi connectivity index (χ1v) is 15.3. The maximum atomic E-state index is 12.8. The third kappa shape index (κ3) is 5.63. The van der Waals surface area contributed by atoms with Crippen LogP contribution in [0.25, 0.3) is 0 Å². The third-order valence-corrected chi connectivity index (χ3v) is 7.95. The van der Waals surface area contributed by atoms with Gasteiger partial charge in [0.2, 0.25) is 23.6 Å². The van der Waals surface area contributed by atoms with Crippen LogP contribution in [0.5, 0.6) is 23.5 Å². The minimum absolute atomic E-state index is 0.0215. The number of aromatic nitrogens is 2. The number of methoxy groups -OCH3 is 2. The molecule has 0 unspecified atom stereocenters. The highest BCUT2D eigenvalue weighted by Gasteiger charge is 2.28. The quantitative estimate of drug-likeness (QED) is 0.417. The summed E-state index contributed by atoms with van der Waals surface area (Å²) in [4.78, 5) is 23.5. The van der Waals surface area contributed by atoms with Crippen molar-refractivity contribution < 1.29 is 23.4 Å². The molecule has 0 aliphatic carbocycles. The van der Waals surface area contributed by atoms with E-state index in [1.165, 1.54) is 19.4 Å². The zero-order chi connectivity index (χ0) is 26.0. The van der Waals surface area contributed by atoms with Crippen molar-refractivity contribution in [3.05, 3.63) is 41.7 Å². The van der Waals surface area contributed by atoms with Crippen LogP contribution in [0, 0.1) is 6.92 Å². The summed E-state index contributed by atoms with van der Waals surface area (Å²) in [5.74, 6) is 2.01. The molecule has 1 amide bonds. The molecule has 1 aromatic carbocycles. The van der Waals surface area contributed by atoms with Crippen molar-refractivity contribution in [2.24, 2.45) is 5.73 Å². The summed E-state index contributed by atoms with van der Waals surface area (Å²) >= 11 is 0. The number of carbonyl (C=O) groups excluding carboxylic acids is 1. The molecule has 0 spiro atoms. The van der Waals surface area contributed by atoms with E-state index in [0.717, 1.165) is 11.3 Å². The van der Waals surface area contributed by atoms with Gasteiger partial charge in [0, 0.05) is 25.2 Å². The van der Waals surface area contributed by atoms with Gasteiger partial charge in [0.05, 0.1) is 28.7 Å². The molecule has 0 atom stereocenters. The van der Waals surface area contributed by atoms with Crippen molar-refractivity contribution in [2.75, 3.05) is 37.5 Å². The van der Waals surface area contributed by atoms with E-state index in [1.54, 1.807) is 12.1 Å². The van der Waals surface area contributed by atoms with Gasteiger partial charge in [0.1, 0.15) is 11.5 Å². The van der Waals surface area contributed by atoms with Crippen LogP contribution in [0.2, 0.25) is 19.6 Å². The molecule has 1 aliphatic rings. The zero-order valence-electron chi connectivity index (χ0n) is 21.5. The predicted octanol–water partition coefficient (Wildman–Crippen LogP) is 3.06. The highest BCUT2D eigenvalue weighted by atomic mass is 28.3. The fraction of sp³-hybridized carbons (Fsp3) is 0.400. The van der Waals surface area contributed by atoms with Gasteiger partial charge in [-0.3, -0.25) is 4.79 Å². The minimum Gasteiger partial charge on any atom is -0.479 e. The van der Waals surface area contributed by atoms with Crippen LogP contribution in [0.15, 0.2) is 34.7 Å². The van der Waals surface area contributed by atoms with E-state index >= 15 is 0 Å². The van der Waals surface area contributed by atoms with Crippen LogP contribution < -0.4 is 35.3 Å². The first kappa shape index (κ1) is 25.5. The number of nitrogens with two attached hydrogens (primary N) is 1. The number of furan rings is 1. The van der Waals surface area contributed by atoms with Gasteiger partial charge in [0.15, 0.2) is 5.69 Å².